The highest BCUT2D eigenvalue weighted by Gasteiger charge is 2.21. The van der Waals surface area contributed by atoms with E-state index in [2.05, 4.69) is 15.0 Å². The third-order valence-electron chi connectivity index (χ3n) is 6.11. The van der Waals surface area contributed by atoms with E-state index in [9.17, 15) is 26.2 Å². The van der Waals surface area contributed by atoms with Crippen LogP contribution in [0.25, 0.3) is 10.8 Å². The summed E-state index contributed by atoms with van der Waals surface area (Å²) in [7, 11) is -8.32. The first-order valence-corrected chi connectivity index (χ1v) is 14.6. The maximum atomic E-state index is 12.9. The average molecular weight is 563 g/mol. The minimum absolute atomic E-state index is 0.0662. The molecule has 0 unspecified atom stereocenters. The summed E-state index contributed by atoms with van der Waals surface area (Å²) in [5.41, 5.74) is 6.35. The number of nitrogens with one attached hydrogen (secondary N) is 1. The van der Waals surface area contributed by atoms with Gasteiger partial charge in [-0.25, -0.2) is 18.2 Å². The lowest BCUT2D eigenvalue weighted by Crippen LogP contribution is -2.19. The van der Waals surface area contributed by atoms with E-state index in [-0.39, 0.29) is 44.7 Å². The highest BCUT2D eigenvalue weighted by Crippen LogP contribution is 2.28. The molecule has 0 radical (unpaired) electrons. The number of nitrogens with two attached hydrogens (primary N) is 1. The maximum absolute atomic E-state index is 12.9. The zero-order valence-electron chi connectivity index (χ0n) is 20.3. The van der Waals surface area contributed by atoms with E-state index >= 15 is 0 Å². The van der Waals surface area contributed by atoms with Gasteiger partial charge in [0.1, 0.15) is 16.5 Å². The number of rotatable bonds is 7. The first-order chi connectivity index (χ1) is 18.5. The van der Waals surface area contributed by atoms with Crippen LogP contribution in [0.1, 0.15) is 22.8 Å². The first kappa shape index (κ1) is 26.2. The fraction of sp³-hybridized carbons (Fsp3) is 0.0741. The first-order valence-electron chi connectivity index (χ1n) is 11.6. The van der Waals surface area contributed by atoms with Gasteiger partial charge in [0.25, 0.3) is 10.1 Å². The van der Waals surface area contributed by atoms with Crippen LogP contribution < -0.4 is 11.4 Å². The van der Waals surface area contributed by atoms with Gasteiger partial charge in [-0.1, -0.05) is 48.5 Å². The van der Waals surface area contributed by atoms with Gasteiger partial charge in [0.05, 0.1) is 9.79 Å². The molecule has 1 heterocycles. The minimum atomic E-state index is -4.58. The summed E-state index contributed by atoms with van der Waals surface area (Å²) in [4.78, 5) is 23.1. The Balaban J connectivity index is 1.42. The molecule has 0 fully saturated rings. The van der Waals surface area contributed by atoms with Crippen LogP contribution in [0.15, 0.2) is 104 Å². The predicted molar refractivity (Wildman–Crippen MR) is 145 cm³/mol. The Morgan fingerprint density at radius 3 is 2.08 bits per heavy atom. The number of sulfone groups is 1. The van der Waals surface area contributed by atoms with Gasteiger partial charge in [-0.15, -0.1) is 0 Å². The van der Waals surface area contributed by atoms with E-state index in [1.54, 1.807) is 48.5 Å². The Hall–Kier alpha value is -4.39. The molecule has 5 aromatic rings. The van der Waals surface area contributed by atoms with E-state index in [1.165, 1.54) is 36.4 Å². The molecule has 0 atom stereocenters. The Morgan fingerprint density at radius 1 is 0.769 bits per heavy atom. The predicted octanol–water partition coefficient (Wildman–Crippen LogP) is 3.16. The van der Waals surface area contributed by atoms with Crippen LogP contribution in [0.3, 0.4) is 0 Å². The second kappa shape index (κ2) is 10.1. The Labute approximate surface area is 223 Å². The molecule has 10 nitrogen and oxygen atoms in total. The Morgan fingerprint density at radius 2 is 1.41 bits per heavy atom. The quantitative estimate of drug-likeness (QED) is 0.199. The molecular weight excluding hydrogens is 540 g/mol. The largest absolute Gasteiger partial charge is 0.399 e. The van der Waals surface area contributed by atoms with Crippen molar-refractivity contribution in [2.75, 3.05) is 5.73 Å². The highest BCUT2D eigenvalue weighted by atomic mass is 32.2. The lowest BCUT2D eigenvalue weighted by Gasteiger charge is -2.11. The number of nitrogens with zero attached hydrogens (tertiary/aromatic N) is 2. The van der Waals surface area contributed by atoms with Gasteiger partial charge in [0.15, 0.2) is 0 Å². The van der Waals surface area contributed by atoms with Gasteiger partial charge in [0, 0.05) is 23.9 Å². The second-order valence-corrected chi connectivity index (χ2v) is 12.1. The number of anilines is 1. The number of aromatic nitrogens is 3. The van der Waals surface area contributed by atoms with Crippen LogP contribution in [0.5, 0.6) is 0 Å². The summed E-state index contributed by atoms with van der Waals surface area (Å²) in [6, 6.07) is 22.1. The van der Waals surface area contributed by atoms with Crippen LogP contribution in [-0.2, 0) is 32.8 Å². The van der Waals surface area contributed by atoms with Crippen molar-refractivity contribution < 1.29 is 21.4 Å². The molecule has 0 aliphatic carbocycles. The van der Waals surface area contributed by atoms with E-state index in [1.807, 2.05) is 0 Å². The van der Waals surface area contributed by atoms with Crippen LogP contribution in [0.2, 0.25) is 0 Å². The summed E-state index contributed by atoms with van der Waals surface area (Å²) < 4.78 is 60.2. The van der Waals surface area contributed by atoms with E-state index in [0.717, 1.165) is 0 Å². The van der Waals surface area contributed by atoms with Crippen molar-refractivity contribution in [2.45, 2.75) is 27.5 Å². The molecule has 0 saturated heterocycles. The number of hydrogen-bond acceptors (Lipinski definition) is 8. The van der Waals surface area contributed by atoms with Crippen molar-refractivity contribution in [3.63, 3.8) is 0 Å². The van der Waals surface area contributed by atoms with Gasteiger partial charge in [-0.05, 0) is 52.9 Å². The molecule has 5 rings (SSSR count). The van der Waals surface area contributed by atoms with Crippen molar-refractivity contribution in [2.24, 2.45) is 0 Å². The molecule has 0 saturated carbocycles. The summed E-state index contributed by atoms with van der Waals surface area (Å²) in [6.45, 7) is 0. The van der Waals surface area contributed by atoms with Gasteiger partial charge < -0.3 is 5.73 Å². The lowest BCUT2D eigenvalue weighted by atomic mass is 10.0. The molecule has 0 aliphatic rings. The molecule has 39 heavy (non-hydrogen) atoms. The van der Waals surface area contributed by atoms with Crippen molar-refractivity contribution in [3.05, 3.63) is 118 Å². The molecular formula is C27H22N4O6S2. The number of H-pyrrole nitrogens is 1. The van der Waals surface area contributed by atoms with E-state index in [0.29, 0.717) is 22.0 Å². The molecule has 4 N–H and O–H groups in total. The standard InChI is InChI=1S/C27H22N4O6S2/c28-20-9-13-22(14-10-20)38(33,34)21-11-5-17(6-12-21)15-24-29-25(31-27(32)30-24)16-19-8-7-18-3-1-2-4-23(18)26(19)39(35,36)37/h1-14H,15-16,28H2,(H,35,36,37)(H,29,30,31,32). The zero-order chi connectivity index (χ0) is 27.8. The average Bonchev–Trinajstić information content (AvgIpc) is 2.88. The van der Waals surface area contributed by atoms with Crippen molar-refractivity contribution in [1.82, 2.24) is 15.0 Å². The highest BCUT2D eigenvalue weighted by molar-refractivity contribution is 7.91. The van der Waals surface area contributed by atoms with Crippen LogP contribution in [-0.4, -0.2) is 36.3 Å². The second-order valence-electron chi connectivity index (χ2n) is 8.84. The summed E-state index contributed by atoms with van der Waals surface area (Å²) in [5, 5.41) is 0.972. The summed E-state index contributed by atoms with van der Waals surface area (Å²) in [5.74, 6) is 0.324. The molecule has 198 valence electrons. The van der Waals surface area contributed by atoms with E-state index in [4.69, 9.17) is 5.73 Å². The number of aromatic amines is 1. The van der Waals surface area contributed by atoms with Gasteiger partial charge in [0.2, 0.25) is 9.84 Å². The van der Waals surface area contributed by atoms with Crippen molar-refractivity contribution in [3.8, 4) is 0 Å². The van der Waals surface area contributed by atoms with Crippen LogP contribution in [0.4, 0.5) is 5.69 Å². The third kappa shape index (κ3) is 5.58. The molecule has 0 amide bonds. The summed E-state index contributed by atoms with van der Waals surface area (Å²) in [6.07, 6.45) is 0.0471. The molecule has 0 aliphatic heterocycles. The Kier molecular flexibility index (Phi) is 6.76. The van der Waals surface area contributed by atoms with Crippen molar-refractivity contribution >= 4 is 36.4 Å². The van der Waals surface area contributed by atoms with Gasteiger partial charge in [-0.3, -0.25) is 9.54 Å². The molecule has 12 heteroatoms. The molecule has 0 spiro atoms. The van der Waals surface area contributed by atoms with Crippen molar-refractivity contribution in [1.29, 1.82) is 0 Å². The molecule has 0 bridgehead atoms. The minimum Gasteiger partial charge on any atom is -0.399 e. The van der Waals surface area contributed by atoms with Crippen LogP contribution >= 0.6 is 0 Å². The number of hydrogen-bond donors (Lipinski definition) is 3. The smallest absolute Gasteiger partial charge is 0.348 e. The third-order valence-corrected chi connectivity index (χ3v) is 8.89. The fourth-order valence-electron chi connectivity index (χ4n) is 4.31. The monoisotopic (exact) mass is 562 g/mol. The van der Waals surface area contributed by atoms with E-state index < -0.39 is 25.6 Å². The number of nitrogen functional groups attached to an aromatic ring is 1. The maximum Gasteiger partial charge on any atom is 0.348 e. The normalized spacial score (nSPS) is 12.0. The zero-order valence-corrected chi connectivity index (χ0v) is 21.9. The summed E-state index contributed by atoms with van der Waals surface area (Å²) >= 11 is 0. The fourth-order valence-corrected chi connectivity index (χ4v) is 6.50. The topological polar surface area (TPSA) is 173 Å². The SMILES string of the molecule is Nc1ccc(S(=O)(=O)c2ccc(Cc3nc(Cc4ccc5ccccc5c4S(=O)(=O)O)nc(=O)[nH]3)cc2)cc1. The van der Waals surface area contributed by atoms with Gasteiger partial charge >= 0.3 is 5.69 Å². The number of benzene rings is 4. The molecule has 1 aromatic heterocycles. The van der Waals surface area contributed by atoms with Crippen LogP contribution in [0, 0.1) is 0 Å². The number of fused-ring (bicyclic) bond motifs is 1. The Bertz CT molecular complexity index is 1970. The van der Waals surface area contributed by atoms with Gasteiger partial charge in [-0.2, -0.15) is 13.4 Å². The molecule has 4 aromatic carbocycles. The lowest BCUT2D eigenvalue weighted by molar-refractivity contribution is 0.483.